The van der Waals surface area contributed by atoms with Crippen molar-refractivity contribution in [3.8, 4) is 5.75 Å². The summed E-state index contributed by atoms with van der Waals surface area (Å²) >= 11 is 0. The second kappa shape index (κ2) is 8.04. The first kappa shape index (κ1) is 16.7. The molecule has 1 aromatic carbocycles. The Bertz CT molecular complexity index is 511. The highest BCUT2D eigenvalue weighted by Crippen LogP contribution is 2.15. The summed E-state index contributed by atoms with van der Waals surface area (Å²) in [7, 11) is 0. The van der Waals surface area contributed by atoms with Crippen LogP contribution in [0.3, 0.4) is 0 Å². The van der Waals surface area contributed by atoms with Gasteiger partial charge in [0.25, 0.3) is 5.91 Å². The van der Waals surface area contributed by atoms with Gasteiger partial charge in [0, 0.05) is 18.5 Å². The highest BCUT2D eigenvalue weighted by Gasteiger charge is 2.17. The molecule has 1 unspecified atom stereocenters. The number of benzene rings is 1. The van der Waals surface area contributed by atoms with Crippen LogP contribution in [0.2, 0.25) is 0 Å². The van der Waals surface area contributed by atoms with Crippen molar-refractivity contribution in [3.05, 3.63) is 29.8 Å². The van der Waals surface area contributed by atoms with Crippen LogP contribution in [0.1, 0.15) is 37.6 Å². The minimum absolute atomic E-state index is 0.0450. The zero-order valence-corrected chi connectivity index (χ0v) is 12.4. The van der Waals surface area contributed by atoms with E-state index >= 15 is 0 Å². The normalized spacial score (nSPS) is 11.4. The van der Waals surface area contributed by atoms with Crippen molar-refractivity contribution < 1.29 is 19.1 Å². The Morgan fingerprint density at radius 3 is 2.29 bits per heavy atom. The first-order chi connectivity index (χ1) is 9.97. The molecule has 0 bridgehead atoms. The molecule has 0 aliphatic rings. The maximum atomic E-state index is 11.7. The van der Waals surface area contributed by atoms with Crippen molar-refractivity contribution >= 4 is 17.7 Å². The summed E-state index contributed by atoms with van der Waals surface area (Å²) in [5.41, 5.74) is 0.601. The van der Waals surface area contributed by atoms with Crippen LogP contribution >= 0.6 is 0 Å². The van der Waals surface area contributed by atoms with Crippen molar-refractivity contribution in [3.63, 3.8) is 0 Å². The number of rotatable bonds is 6. The van der Waals surface area contributed by atoms with E-state index in [0.717, 1.165) is 0 Å². The number of hydrogen-bond acceptors (Lipinski definition) is 4. The first-order valence-corrected chi connectivity index (χ1v) is 6.86. The number of hydrogen-bond donors (Lipinski definition) is 2. The van der Waals surface area contributed by atoms with Crippen LogP contribution in [0.5, 0.6) is 5.75 Å². The fourth-order valence-corrected chi connectivity index (χ4v) is 1.60. The number of Topliss-reactive ketones (excluding diaryl/α,β-unsaturated/α-hetero) is 1. The first-order valence-electron chi connectivity index (χ1n) is 6.86. The molecular weight excluding hydrogens is 272 g/mol. The van der Waals surface area contributed by atoms with E-state index in [-0.39, 0.29) is 5.78 Å². The number of ether oxygens (including phenoxy) is 1. The number of amides is 3. The topological polar surface area (TPSA) is 84.5 Å². The third-order valence-corrected chi connectivity index (χ3v) is 2.75. The minimum atomic E-state index is -0.819. The number of imide groups is 1. The third kappa shape index (κ3) is 5.25. The number of nitrogens with one attached hydrogen (secondary N) is 2. The average Bonchev–Trinajstić information content (AvgIpc) is 2.47. The largest absolute Gasteiger partial charge is 0.481 e. The number of ketones is 1. The Labute approximate surface area is 123 Å². The standard InChI is InChI=1S/C15H20N2O4/c1-4-13(18)11-6-8-12(9-7-11)21-10(3)14(19)17-15(20)16-5-2/h6-10H,4-5H2,1-3H3,(H2,16,17,19,20). The van der Waals surface area contributed by atoms with E-state index in [1.54, 1.807) is 45.0 Å². The molecule has 0 aliphatic heterocycles. The lowest BCUT2D eigenvalue weighted by molar-refractivity contribution is -0.126. The van der Waals surface area contributed by atoms with Crippen LogP contribution < -0.4 is 15.4 Å². The summed E-state index contributed by atoms with van der Waals surface area (Å²) in [5.74, 6) is -0.0283. The molecular formula is C15H20N2O4. The smallest absolute Gasteiger partial charge is 0.321 e. The van der Waals surface area contributed by atoms with Crippen LogP contribution in [0, 0.1) is 0 Å². The molecule has 0 fully saturated rings. The summed E-state index contributed by atoms with van der Waals surface area (Å²) < 4.78 is 5.42. The SMILES string of the molecule is CCNC(=O)NC(=O)C(C)Oc1ccc(C(=O)CC)cc1. The van der Waals surface area contributed by atoms with Gasteiger partial charge in [-0.25, -0.2) is 4.79 Å². The van der Waals surface area contributed by atoms with Crippen molar-refractivity contribution in [2.24, 2.45) is 0 Å². The molecule has 3 amide bonds. The molecule has 0 heterocycles. The molecule has 6 heteroatoms. The van der Waals surface area contributed by atoms with Crippen LogP contribution in [0.25, 0.3) is 0 Å². The van der Waals surface area contributed by atoms with Crippen molar-refractivity contribution in [1.29, 1.82) is 0 Å². The van der Waals surface area contributed by atoms with E-state index in [4.69, 9.17) is 4.74 Å². The lowest BCUT2D eigenvalue weighted by Gasteiger charge is -2.14. The molecule has 0 aromatic heterocycles. The van der Waals surface area contributed by atoms with Gasteiger partial charge >= 0.3 is 6.03 Å². The summed E-state index contributed by atoms with van der Waals surface area (Å²) in [5, 5.41) is 4.63. The van der Waals surface area contributed by atoms with E-state index in [1.165, 1.54) is 0 Å². The number of carbonyl (C=O) groups excluding carboxylic acids is 3. The zero-order chi connectivity index (χ0) is 15.8. The Morgan fingerprint density at radius 1 is 1.14 bits per heavy atom. The van der Waals surface area contributed by atoms with E-state index in [2.05, 4.69) is 10.6 Å². The van der Waals surface area contributed by atoms with Gasteiger partial charge in [0.2, 0.25) is 0 Å². The van der Waals surface area contributed by atoms with Crippen molar-refractivity contribution in [1.82, 2.24) is 10.6 Å². The van der Waals surface area contributed by atoms with Crippen LogP contribution in [-0.2, 0) is 4.79 Å². The van der Waals surface area contributed by atoms with Crippen LogP contribution in [-0.4, -0.2) is 30.4 Å². The number of carbonyl (C=O) groups is 3. The monoisotopic (exact) mass is 292 g/mol. The Kier molecular flexibility index (Phi) is 6.39. The molecule has 1 rings (SSSR count). The summed E-state index contributed by atoms with van der Waals surface area (Å²) in [6.07, 6.45) is -0.383. The fraction of sp³-hybridized carbons (Fsp3) is 0.400. The molecule has 6 nitrogen and oxygen atoms in total. The van der Waals surface area contributed by atoms with E-state index in [1.807, 2.05) is 0 Å². The van der Waals surface area contributed by atoms with E-state index in [0.29, 0.717) is 24.3 Å². The molecule has 21 heavy (non-hydrogen) atoms. The van der Waals surface area contributed by atoms with Crippen LogP contribution in [0.15, 0.2) is 24.3 Å². The van der Waals surface area contributed by atoms with Gasteiger partial charge in [0.15, 0.2) is 11.9 Å². The maximum Gasteiger partial charge on any atom is 0.321 e. The van der Waals surface area contributed by atoms with E-state index < -0.39 is 18.0 Å². The van der Waals surface area contributed by atoms with E-state index in [9.17, 15) is 14.4 Å². The Morgan fingerprint density at radius 2 is 1.76 bits per heavy atom. The molecule has 0 radical (unpaired) electrons. The molecule has 0 saturated carbocycles. The van der Waals surface area contributed by atoms with Gasteiger partial charge in [-0.15, -0.1) is 0 Å². The predicted octanol–water partition coefficient (Wildman–Crippen LogP) is 1.89. The maximum absolute atomic E-state index is 11.7. The van der Waals surface area contributed by atoms with Gasteiger partial charge in [-0.1, -0.05) is 6.92 Å². The number of urea groups is 1. The van der Waals surface area contributed by atoms with Gasteiger partial charge in [-0.2, -0.15) is 0 Å². The van der Waals surface area contributed by atoms with Gasteiger partial charge in [0.05, 0.1) is 0 Å². The lowest BCUT2D eigenvalue weighted by Crippen LogP contribution is -2.45. The minimum Gasteiger partial charge on any atom is -0.481 e. The van der Waals surface area contributed by atoms with Gasteiger partial charge in [-0.05, 0) is 38.1 Å². The zero-order valence-electron chi connectivity index (χ0n) is 12.4. The van der Waals surface area contributed by atoms with Gasteiger partial charge < -0.3 is 10.1 Å². The van der Waals surface area contributed by atoms with Crippen LogP contribution in [0.4, 0.5) is 4.79 Å². The molecule has 1 atom stereocenters. The highest BCUT2D eigenvalue weighted by molar-refractivity contribution is 5.97. The van der Waals surface area contributed by atoms with Gasteiger partial charge in [-0.3, -0.25) is 14.9 Å². The molecule has 114 valence electrons. The molecule has 0 saturated heterocycles. The molecule has 0 aliphatic carbocycles. The molecule has 2 N–H and O–H groups in total. The quantitative estimate of drug-likeness (QED) is 0.784. The Hall–Kier alpha value is -2.37. The molecule has 1 aromatic rings. The molecule has 0 spiro atoms. The lowest BCUT2D eigenvalue weighted by atomic mass is 10.1. The second-order valence-electron chi connectivity index (χ2n) is 4.41. The predicted molar refractivity (Wildman–Crippen MR) is 78.4 cm³/mol. The second-order valence-corrected chi connectivity index (χ2v) is 4.41. The average molecular weight is 292 g/mol. The van der Waals surface area contributed by atoms with Gasteiger partial charge in [0.1, 0.15) is 5.75 Å². The van der Waals surface area contributed by atoms with Crippen molar-refractivity contribution in [2.75, 3.05) is 6.54 Å². The summed E-state index contributed by atoms with van der Waals surface area (Å²) in [4.78, 5) is 34.4. The third-order valence-electron chi connectivity index (χ3n) is 2.75. The van der Waals surface area contributed by atoms with Crippen molar-refractivity contribution in [2.45, 2.75) is 33.3 Å². The highest BCUT2D eigenvalue weighted by atomic mass is 16.5. The summed E-state index contributed by atoms with van der Waals surface area (Å²) in [6, 6.07) is 5.99. The summed E-state index contributed by atoms with van der Waals surface area (Å²) in [6.45, 7) is 5.52. The Balaban J connectivity index is 2.58. The fourth-order valence-electron chi connectivity index (χ4n) is 1.60.